The van der Waals surface area contributed by atoms with Crippen LogP contribution < -0.4 is 5.32 Å². The number of carbonyl (C=O) groups is 1. The van der Waals surface area contributed by atoms with Crippen molar-refractivity contribution in [2.24, 2.45) is 0 Å². The fraction of sp³-hybridized carbons (Fsp3) is 0.588. The molecule has 0 saturated carbocycles. The van der Waals surface area contributed by atoms with Gasteiger partial charge in [-0.05, 0) is 31.0 Å². The van der Waals surface area contributed by atoms with E-state index in [-0.39, 0.29) is 30.8 Å². The highest BCUT2D eigenvalue weighted by Gasteiger charge is 2.37. The molecule has 140 valence electrons. The van der Waals surface area contributed by atoms with E-state index in [1.165, 1.54) is 12.1 Å². The number of hydrogen-bond donors (Lipinski definition) is 2. The molecule has 1 aliphatic rings. The Bertz CT molecular complexity index is 587. The lowest BCUT2D eigenvalue weighted by Crippen LogP contribution is -2.45. The van der Waals surface area contributed by atoms with E-state index in [2.05, 4.69) is 5.32 Å². The minimum absolute atomic E-state index is 0.0801. The van der Waals surface area contributed by atoms with Crippen LogP contribution in [0.4, 0.5) is 13.2 Å². The molecule has 8 heteroatoms. The zero-order valence-corrected chi connectivity index (χ0v) is 14.1. The smallest absolute Gasteiger partial charge is 0.416 e. The Morgan fingerprint density at radius 3 is 2.60 bits per heavy atom. The van der Waals surface area contributed by atoms with E-state index < -0.39 is 23.8 Å². The van der Waals surface area contributed by atoms with Crippen LogP contribution in [0, 0.1) is 0 Å². The number of aliphatic hydroxyl groups is 1. The summed E-state index contributed by atoms with van der Waals surface area (Å²) in [6.07, 6.45) is -4.40. The second-order valence-corrected chi connectivity index (χ2v) is 5.83. The van der Waals surface area contributed by atoms with Crippen LogP contribution in [-0.2, 0) is 10.9 Å². The predicted octanol–water partition coefficient (Wildman–Crippen LogP) is 2.21. The van der Waals surface area contributed by atoms with Crippen molar-refractivity contribution in [3.05, 3.63) is 34.9 Å². The molecule has 2 N–H and O–H groups in total. The van der Waals surface area contributed by atoms with Gasteiger partial charge in [0.25, 0.3) is 0 Å². The fourth-order valence-electron chi connectivity index (χ4n) is 3.08. The molecule has 25 heavy (non-hydrogen) atoms. The number of hydrogen-bond acceptors (Lipinski definition) is 5. The summed E-state index contributed by atoms with van der Waals surface area (Å²) >= 11 is 0. The normalized spacial score (nSPS) is 17.3. The Hall–Kier alpha value is -1.64. The van der Waals surface area contributed by atoms with Crippen LogP contribution in [-0.4, -0.2) is 55.4 Å². The van der Waals surface area contributed by atoms with Gasteiger partial charge < -0.3 is 15.2 Å². The first kappa shape index (κ1) is 19.7. The third-order valence-electron chi connectivity index (χ3n) is 4.22. The van der Waals surface area contributed by atoms with E-state index in [0.717, 1.165) is 6.07 Å². The first-order valence-electron chi connectivity index (χ1n) is 8.32. The zero-order valence-electron chi connectivity index (χ0n) is 14.1. The molecule has 1 fully saturated rings. The molecule has 0 radical (unpaired) electrons. The Kier molecular flexibility index (Phi) is 6.80. The molecule has 1 atom stereocenters. The minimum atomic E-state index is -4.60. The molecule has 1 aliphatic heterocycles. The highest BCUT2D eigenvalue weighted by Crippen LogP contribution is 2.38. The zero-order chi connectivity index (χ0) is 18.4. The van der Waals surface area contributed by atoms with E-state index in [1.54, 1.807) is 6.92 Å². The lowest BCUT2D eigenvalue weighted by atomic mass is 9.94. The van der Waals surface area contributed by atoms with Crippen LogP contribution in [0.25, 0.3) is 0 Å². The first-order chi connectivity index (χ1) is 11.9. The SMILES string of the molecule is CCOC(=O)c1ccc(C(CCO)N2CCNCC2)c(C(F)(F)F)c1. The maximum absolute atomic E-state index is 13.6. The molecule has 1 saturated heterocycles. The molecule has 0 aliphatic carbocycles. The molecule has 0 spiro atoms. The van der Waals surface area contributed by atoms with Gasteiger partial charge in [0.2, 0.25) is 0 Å². The molecule has 0 bridgehead atoms. The van der Waals surface area contributed by atoms with E-state index in [4.69, 9.17) is 4.74 Å². The summed E-state index contributed by atoms with van der Waals surface area (Å²) in [4.78, 5) is 13.7. The van der Waals surface area contributed by atoms with Gasteiger partial charge in [-0.1, -0.05) is 6.07 Å². The standard InChI is InChI=1S/C17H23F3N2O3/c1-2-25-16(24)12-3-4-13(14(11-12)17(18,19)20)15(5-10-23)22-8-6-21-7-9-22/h3-4,11,15,21,23H,2,5-10H2,1H3. The Morgan fingerprint density at radius 1 is 1.36 bits per heavy atom. The van der Waals surface area contributed by atoms with Gasteiger partial charge in [0, 0.05) is 38.8 Å². The van der Waals surface area contributed by atoms with E-state index in [0.29, 0.717) is 26.2 Å². The van der Waals surface area contributed by atoms with Crippen LogP contribution in [0.15, 0.2) is 18.2 Å². The Labute approximate surface area is 144 Å². The number of carbonyl (C=O) groups excluding carboxylic acids is 1. The number of benzene rings is 1. The van der Waals surface area contributed by atoms with Crippen LogP contribution >= 0.6 is 0 Å². The highest BCUT2D eigenvalue weighted by molar-refractivity contribution is 5.89. The number of esters is 1. The van der Waals surface area contributed by atoms with Crippen molar-refractivity contribution in [3.63, 3.8) is 0 Å². The lowest BCUT2D eigenvalue weighted by Gasteiger charge is -2.36. The van der Waals surface area contributed by atoms with Crippen molar-refractivity contribution in [1.29, 1.82) is 0 Å². The number of halogens is 3. The Morgan fingerprint density at radius 2 is 2.04 bits per heavy atom. The van der Waals surface area contributed by atoms with Gasteiger partial charge in [-0.2, -0.15) is 13.2 Å². The molecule has 5 nitrogen and oxygen atoms in total. The van der Waals surface area contributed by atoms with Gasteiger partial charge in [-0.25, -0.2) is 4.79 Å². The molecule has 1 aromatic carbocycles. The van der Waals surface area contributed by atoms with Crippen LogP contribution in [0.3, 0.4) is 0 Å². The third-order valence-corrected chi connectivity index (χ3v) is 4.22. The summed E-state index contributed by atoms with van der Waals surface area (Å²) in [7, 11) is 0. The van der Waals surface area contributed by atoms with Gasteiger partial charge >= 0.3 is 12.1 Å². The summed E-state index contributed by atoms with van der Waals surface area (Å²) in [6.45, 7) is 4.04. The van der Waals surface area contributed by atoms with Crippen LogP contribution in [0.5, 0.6) is 0 Å². The summed E-state index contributed by atoms with van der Waals surface area (Å²) in [6, 6.07) is 2.98. The minimum Gasteiger partial charge on any atom is -0.462 e. The molecular formula is C17H23F3N2O3. The molecular weight excluding hydrogens is 337 g/mol. The molecule has 0 amide bonds. The maximum Gasteiger partial charge on any atom is 0.416 e. The van der Waals surface area contributed by atoms with Gasteiger partial charge in [-0.15, -0.1) is 0 Å². The number of ether oxygens (including phenoxy) is 1. The quantitative estimate of drug-likeness (QED) is 0.762. The number of alkyl halides is 3. The van der Waals surface area contributed by atoms with Crippen molar-refractivity contribution < 1.29 is 27.8 Å². The van der Waals surface area contributed by atoms with Crippen molar-refractivity contribution in [2.45, 2.75) is 25.6 Å². The second kappa shape index (κ2) is 8.64. The van der Waals surface area contributed by atoms with Crippen LogP contribution in [0.2, 0.25) is 0 Å². The van der Waals surface area contributed by atoms with Crippen molar-refractivity contribution >= 4 is 5.97 Å². The number of rotatable bonds is 6. The molecule has 1 unspecified atom stereocenters. The second-order valence-electron chi connectivity index (χ2n) is 5.83. The van der Waals surface area contributed by atoms with E-state index >= 15 is 0 Å². The topological polar surface area (TPSA) is 61.8 Å². The Balaban J connectivity index is 2.43. The number of aliphatic hydroxyl groups excluding tert-OH is 1. The van der Waals surface area contributed by atoms with Gasteiger partial charge in [-0.3, -0.25) is 4.90 Å². The van der Waals surface area contributed by atoms with E-state index in [9.17, 15) is 23.1 Å². The number of nitrogens with one attached hydrogen (secondary N) is 1. The van der Waals surface area contributed by atoms with Crippen molar-refractivity contribution in [1.82, 2.24) is 10.2 Å². The summed E-state index contributed by atoms with van der Waals surface area (Å²) in [5.41, 5.74) is -0.896. The van der Waals surface area contributed by atoms with Gasteiger partial charge in [0.15, 0.2) is 0 Å². The number of piperazine rings is 1. The molecule has 2 rings (SSSR count). The monoisotopic (exact) mass is 360 g/mol. The first-order valence-corrected chi connectivity index (χ1v) is 8.32. The predicted molar refractivity (Wildman–Crippen MR) is 86.3 cm³/mol. The average Bonchev–Trinajstić information content (AvgIpc) is 2.59. The summed E-state index contributed by atoms with van der Waals surface area (Å²) < 4.78 is 45.6. The molecule has 0 aromatic heterocycles. The third kappa shape index (κ3) is 4.93. The summed E-state index contributed by atoms with van der Waals surface area (Å²) in [5, 5.41) is 12.5. The van der Waals surface area contributed by atoms with Gasteiger partial charge in [0.1, 0.15) is 0 Å². The van der Waals surface area contributed by atoms with Crippen LogP contribution in [0.1, 0.15) is 40.9 Å². The van der Waals surface area contributed by atoms with Crippen molar-refractivity contribution in [3.8, 4) is 0 Å². The highest BCUT2D eigenvalue weighted by atomic mass is 19.4. The lowest BCUT2D eigenvalue weighted by molar-refractivity contribution is -0.139. The maximum atomic E-state index is 13.6. The largest absolute Gasteiger partial charge is 0.462 e. The van der Waals surface area contributed by atoms with E-state index in [1.807, 2.05) is 4.90 Å². The fourth-order valence-corrected chi connectivity index (χ4v) is 3.08. The molecule has 1 aromatic rings. The number of nitrogens with zero attached hydrogens (tertiary/aromatic N) is 1. The summed E-state index contributed by atoms with van der Waals surface area (Å²) in [5.74, 6) is -0.777. The molecule has 1 heterocycles. The van der Waals surface area contributed by atoms with Gasteiger partial charge in [0.05, 0.1) is 17.7 Å². The van der Waals surface area contributed by atoms with Crippen molar-refractivity contribution in [2.75, 3.05) is 39.4 Å². The average molecular weight is 360 g/mol.